The molecule has 1 unspecified atom stereocenters. The Morgan fingerprint density at radius 1 is 1.23 bits per heavy atom. The van der Waals surface area contributed by atoms with Crippen LogP contribution in [0.5, 0.6) is 0 Å². The fourth-order valence-electron chi connectivity index (χ4n) is 4.25. The zero-order valence-corrected chi connectivity index (χ0v) is 18.2. The van der Waals surface area contributed by atoms with E-state index in [-0.39, 0.29) is 24.3 Å². The average Bonchev–Trinajstić information content (AvgIpc) is 3.38. The first-order valence-electron chi connectivity index (χ1n) is 10.3. The summed E-state index contributed by atoms with van der Waals surface area (Å²) < 4.78 is 14.5. The summed E-state index contributed by atoms with van der Waals surface area (Å²) in [6.07, 6.45) is 3.59. The predicted octanol–water partition coefficient (Wildman–Crippen LogP) is 4.05. The van der Waals surface area contributed by atoms with Gasteiger partial charge in [-0.2, -0.15) is 0 Å². The first-order valence-corrected chi connectivity index (χ1v) is 11.1. The number of thiazole rings is 1. The maximum atomic E-state index is 14.5. The number of hydrogen-bond donors (Lipinski definition) is 1. The molecule has 2 aliphatic rings. The number of nitrogens with zero attached hydrogens (tertiary/aromatic N) is 5. The van der Waals surface area contributed by atoms with Gasteiger partial charge in [0.1, 0.15) is 22.3 Å². The number of benzene rings is 1. The summed E-state index contributed by atoms with van der Waals surface area (Å²) in [7, 11) is 1.68. The van der Waals surface area contributed by atoms with Crippen LogP contribution in [-0.4, -0.2) is 44.3 Å². The zero-order chi connectivity index (χ0) is 21.5. The summed E-state index contributed by atoms with van der Waals surface area (Å²) >= 11 is 1.26. The molecule has 1 saturated heterocycles. The number of carbonyl (C=O) groups is 1. The van der Waals surface area contributed by atoms with E-state index in [4.69, 9.17) is 9.97 Å². The lowest BCUT2D eigenvalue weighted by atomic mass is 10.1. The van der Waals surface area contributed by atoms with Crippen molar-refractivity contribution in [3.63, 3.8) is 0 Å². The van der Waals surface area contributed by atoms with E-state index in [0.717, 1.165) is 36.5 Å². The summed E-state index contributed by atoms with van der Waals surface area (Å²) in [4.78, 5) is 31.0. The van der Waals surface area contributed by atoms with Gasteiger partial charge < -0.3 is 10.2 Å². The highest BCUT2D eigenvalue weighted by Gasteiger charge is 2.29. The van der Waals surface area contributed by atoms with E-state index in [2.05, 4.69) is 15.2 Å². The van der Waals surface area contributed by atoms with Crippen LogP contribution in [0.25, 0.3) is 0 Å². The molecule has 6 bridgehead atoms. The molecule has 9 heteroatoms. The summed E-state index contributed by atoms with van der Waals surface area (Å²) in [6.45, 7) is 3.77. The van der Waals surface area contributed by atoms with Crippen molar-refractivity contribution in [3.05, 3.63) is 63.8 Å². The Hall–Kier alpha value is -2.91. The molecule has 2 aliphatic heterocycles. The number of fused-ring (bicyclic) bond motifs is 8. The molecule has 31 heavy (non-hydrogen) atoms. The Morgan fingerprint density at radius 3 is 2.97 bits per heavy atom. The smallest absolute Gasteiger partial charge is 0.265 e. The van der Waals surface area contributed by atoms with Crippen molar-refractivity contribution in [1.82, 2.24) is 24.8 Å². The van der Waals surface area contributed by atoms with E-state index < -0.39 is 0 Å². The highest BCUT2D eigenvalue weighted by atomic mass is 32.1. The van der Waals surface area contributed by atoms with Gasteiger partial charge in [0.25, 0.3) is 5.91 Å². The molecule has 1 fully saturated rings. The number of anilines is 2. The largest absolute Gasteiger partial charge is 0.337 e. The number of aromatic nitrogens is 3. The Balaban J connectivity index is 1.60. The quantitative estimate of drug-likeness (QED) is 0.571. The normalized spacial score (nSPS) is 19.3. The van der Waals surface area contributed by atoms with Gasteiger partial charge in [-0.25, -0.2) is 19.3 Å². The van der Waals surface area contributed by atoms with Crippen molar-refractivity contribution >= 4 is 28.2 Å². The lowest BCUT2D eigenvalue weighted by molar-refractivity contribution is 0.0788. The molecular weight excluding hydrogens is 415 g/mol. The fraction of sp³-hybridized carbons (Fsp3) is 0.364. The Morgan fingerprint density at radius 2 is 2.10 bits per heavy atom. The van der Waals surface area contributed by atoms with Crippen molar-refractivity contribution in [2.75, 3.05) is 18.9 Å². The van der Waals surface area contributed by atoms with E-state index in [1.54, 1.807) is 13.2 Å². The summed E-state index contributed by atoms with van der Waals surface area (Å²) in [5.41, 5.74) is 2.40. The number of halogens is 1. The molecule has 0 spiro atoms. The van der Waals surface area contributed by atoms with Crippen molar-refractivity contribution in [1.29, 1.82) is 0 Å². The van der Waals surface area contributed by atoms with Crippen LogP contribution in [0.4, 0.5) is 15.3 Å². The van der Waals surface area contributed by atoms with Gasteiger partial charge in [0.2, 0.25) is 0 Å². The molecule has 5 rings (SSSR count). The van der Waals surface area contributed by atoms with Gasteiger partial charge in [-0.15, -0.1) is 0 Å². The molecule has 4 heterocycles. The maximum absolute atomic E-state index is 14.5. The summed E-state index contributed by atoms with van der Waals surface area (Å²) in [5, 5.41) is 3.81. The third kappa shape index (κ3) is 4.03. The minimum atomic E-state index is -0.305. The van der Waals surface area contributed by atoms with Gasteiger partial charge in [0.05, 0.1) is 12.2 Å². The van der Waals surface area contributed by atoms with E-state index in [0.29, 0.717) is 27.9 Å². The van der Waals surface area contributed by atoms with Crippen LogP contribution in [0.1, 0.15) is 51.2 Å². The van der Waals surface area contributed by atoms with Crippen LogP contribution in [-0.2, 0) is 13.1 Å². The highest BCUT2D eigenvalue weighted by molar-refractivity contribution is 7.17. The molecule has 3 aromatic rings. The molecule has 1 aromatic carbocycles. The van der Waals surface area contributed by atoms with E-state index >= 15 is 0 Å². The van der Waals surface area contributed by atoms with Gasteiger partial charge in [-0.3, -0.25) is 9.69 Å². The van der Waals surface area contributed by atoms with Crippen molar-refractivity contribution in [3.8, 4) is 0 Å². The molecule has 160 valence electrons. The first kappa shape index (κ1) is 20.0. The van der Waals surface area contributed by atoms with Crippen LogP contribution >= 0.6 is 11.3 Å². The first-order chi connectivity index (χ1) is 15.0. The zero-order valence-electron chi connectivity index (χ0n) is 17.4. The Kier molecular flexibility index (Phi) is 5.15. The number of carbonyl (C=O) groups excluding carboxylic acids is 1. The van der Waals surface area contributed by atoms with Gasteiger partial charge in [-0.05, 0) is 44.0 Å². The van der Waals surface area contributed by atoms with Crippen molar-refractivity contribution < 1.29 is 9.18 Å². The number of rotatable bonds is 0. The molecule has 0 saturated carbocycles. The van der Waals surface area contributed by atoms with Gasteiger partial charge in [0.15, 0.2) is 5.13 Å². The molecule has 7 nitrogen and oxygen atoms in total. The average molecular weight is 439 g/mol. The molecule has 0 radical (unpaired) electrons. The lowest BCUT2D eigenvalue weighted by Gasteiger charge is -2.24. The van der Waals surface area contributed by atoms with Crippen LogP contribution in [0.2, 0.25) is 0 Å². The Labute approximate surface area is 184 Å². The molecule has 0 aliphatic carbocycles. The van der Waals surface area contributed by atoms with Crippen molar-refractivity contribution in [2.24, 2.45) is 0 Å². The van der Waals surface area contributed by atoms with Gasteiger partial charge >= 0.3 is 0 Å². The molecule has 2 aromatic heterocycles. The van der Waals surface area contributed by atoms with E-state index in [1.807, 2.05) is 25.1 Å². The fourth-order valence-corrected chi connectivity index (χ4v) is 5.07. The number of hydrogen-bond acceptors (Lipinski definition) is 7. The third-order valence-electron chi connectivity index (χ3n) is 5.73. The minimum Gasteiger partial charge on any atom is -0.337 e. The second-order valence-electron chi connectivity index (χ2n) is 8.12. The van der Waals surface area contributed by atoms with Crippen LogP contribution in [0, 0.1) is 12.7 Å². The number of aryl methyl sites for hydroxylation is 1. The van der Waals surface area contributed by atoms with Crippen LogP contribution in [0.15, 0.2) is 30.5 Å². The SMILES string of the molecule is Cc1cc2nc(n1)C1CCCN1Cc1ccc(F)c(c1)CN(C)C(=O)c1cnc(s1)N2. The Bertz CT molecular complexity index is 1150. The van der Waals surface area contributed by atoms with Crippen LogP contribution < -0.4 is 5.32 Å². The molecule has 1 N–H and O–H groups in total. The van der Waals surface area contributed by atoms with Crippen molar-refractivity contribution in [2.45, 2.75) is 38.9 Å². The maximum Gasteiger partial charge on any atom is 0.265 e. The number of nitrogens with one attached hydrogen (secondary N) is 1. The third-order valence-corrected chi connectivity index (χ3v) is 6.64. The summed E-state index contributed by atoms with van der Waals surface area (Å²) in [6, 6.07) is 7.17. The van der Waals surface area contributed by atoms with Gasteiger partial charge in [0, 0.05) is 37.5 Å². The summed E-state index contributed by atoms with van der Waals surface area (Å²) in [5.74, 6) is 0.955. The van der Waals surface area contributed by atoms with Gasteiger partial charge in [-0.1, -0.05) is 17.4 Å². The molecule has 1 atom stereocenters. The van der Waals surface area contributed by atoms with E-state index in [1.165, 1.54) is 22.3 Å². The monoisotopic (exact) mass is 438 g/mol. The highest BCUT2D eigenvalue weighted by Crippen LogP contribution is 2.33. The molecular formula is C22H23FN6OS. The predicted molar refractivity (Wildman–Crippen MR) is 117 cm³/mol. The van der Waals surface area contributed by atoms with E-state index in [9.17, 15) is 9.18 Å². The second-order valence-corrected chi connectivity index (χ2v) is 9.15. The molecule has 1 amide bonds. The number of amides is 1. The van der Waals surface area contributed by atoms with Crippen LogP contribution in [0.3, 0.4) is 0 Å². The second kappa shape index (κ2) is 7.97. The standard InChI is InChI=1S/C22H23FN6OS/c1-13-8-19-26-20(25-13)17-4-3-7-29(17)11-14-5-6-16(23)15(9-14)12-28(2)21(30)18-10-24-22(27-19)31-18/h5-6,8-10,17H,3-4,7,11-12H2,1-2H3,(H,24,25,26,27). The lowest BCUT2D eigenvalue weighted by Crippen LogP contribution is -2.27. The topological polar surface area (TPSA) is 74.2 Å². The minimum absolute atomic E-state index is 0.109.